The molecule has 0 aliphatic carbocycles. The molecule has 0 saturated carbocycles. The Kier molecular flexibility index (Phi) is 9.59. The van der Waals surface area contributed by atoms with Gasteiger partial charge in [-0.3, -0.25) is 23.9 Å². The van der Waals surface area contributed by atoms with Gasteiger partial charge >= 0.3 is 0 Å². The second-order valence-corrected chi connectivity index (χ2v) is 11.8. The fraction of sp³-hybridized carbons (Fsp3) is 0.278. The number of Topliss-reactive ketones (excluding diaryl/α,β-unsaturated/α-hetero) is 1. The SMILES string of the molecule is CC(C)Oc1ccc(C(=O)Cn2ccnc2)cc1-n1c(CN2CCN(C(=O)COc3ccc(C#N)cc3)CC2)nc2ccccc2c1=O. The molecule has 48 heavy (non-hydrogen) atoms. The molecule has 1 aliphatic heterocycles. The molecule has 2 aromatic heterocycles. The van der Waals surface area contributed by atoms with E-state index < -0.39 is 0 Å². The van der Waals surface area contributed by atoms with E-state index in [1.54, 1.807) is 87.4 Å². The van der Waals surface area contributed by atoms with Crippen LogP contribution in [0.1, 0.15) is 35.6 Å². The Labute approximate surface area is 277 Å². The van der Waals surface area contributed by atoms with E-state index in [-0.39, 0.29) is 36.5 Å². The molecule has 0 atom stereocenters. The molecule has 1 fully saturated rings. The maximum absolute atomic E-state index is 14.2. The summed E-state index contributed by atoms with van der Waals surface area (Å²) in [6.45, 7) is 6.21. The first-order valence-electron chi connectivity index (χ1n) is 15.7. The maximum Gasteiger partial charge on any atom is 0.266 e. The van der Waals surface area contributed by atoms with E-state index in [0.717, 1.165) is 0 Å². The van der Waals surface area contributed by atoms with Crippen molar-refractivity contribution >= 4 is 22.6 Å². The van der Waals surface area contributed by atoms with Crippen molar-refractivity contribution in [3.05, 3.63) is 113 Å². The van der Waals surface area contributed by atoms with Gasteiger partial charge in [0.2, 0.25) is 0 Å². The molecular formula is C36H35N7O5. The normalized spacial score (nSPS) is 13.4. The van der Waals surface area contributed by atoms with Crippen LogP contribution in [0.2, 0.25) is 0 Å². The number of para-hydroxylation sites is 1. The number of carbonyl (C=O) groups excluding carboxylic acids is 2. The lowest BCUT2D eigenvalue weighted by molar-refractivity contribution is -0.135. The van der Waals surface area contributed by atoms with Crippen LogP contribution in [0.15, 0.2) is 90.2 Å². The lowest BCUT2D eigenvalue weighted by Crippen LogP contribution is -2.50. The summed E-state index contributed by atoms with van der Waals surface area (Å²) in [5.74, 6) is 1.21. The van der Waals surface area contributed by atoms with Gasteiger partial charge in [0.15, 0.2) is 12.4 Å². The number of carbonyl (C=O) groups is 2. The number of hydrogen-bond donors (Lipinski definition) is 0. The van der Waals surface area contributed by atoms with Gasteiger partial charge < -0.3 is 18.9 Å². The first-order chi connectivity index (χ1) is 23.3. The third-order valence-electron chi connectivity index (χ3n) is 8.05. The Morgan fingerprint density at radius 2 is 1.77 bits per heavy atom. The highest BCUT2D eigenvalue weighted by Crippen LogP contribution is 2.27. The fourth-order valence-electron chi connectivity index (χ4n) is 5.61. The van der Waals surface area contributed by atoms with E-state index >= 15 is 0 Å². The number of amides is 1. The van der Waals surface area contributed by atoms with Crippen molar-refractivity contribution in [1.82, 2.24) is 28.9 Å². The predicted octanol–water partition coefficient (Wildman–Crippen LogP) is 3.85. The summed E-state index contributed by atoms with van der Waals surface area (Å²) in [7, 11) is 0. The molecule has 0 spiro atoms. The van der Waals surface area contributed by atoms with E-state index in [1.807, 2.05) is 26.0 Å². The molecule has 5 aromatic rings. The number of nitriles is 1. The molecule has 1 saturated heterocycles. The average Bonchev–Trinajstić information content (AvgIpc) is 3.61. The number of ether oxygens (including phenoxy) is 2. The molecule has 0 bridgehead atoms. The monoisotopic (exact) mass is 645 g/mol. The molecule has 0 unspecified atom stereocenters. The van der Waals surface area contributed by atoms with Gasteiger partial charge in [0, 0.05) is 44.1 Å². The van der Waals surface area contributed by atoms with E-state index in [4.69, 9.17) is 19.7 Å². The average molecular weight is 646 g/mol. The predicted molar refractivity (Wildman–Crippen MR) is 178 cm³/mol. The molecule has 0 radical (unpaired) electrons. The van der Waals surface area contributed by atoms with Crippen LogP contribution in [0.4, 0.5) is 0 Å². The minimum atomic E-state index is -0.267. The Morgan fingerprint density at radius 3 is 2.48 bits per heavy atom. The van der Waals surface area contributed by atoms with Crippen molar-refractivity contribution in [3.63, 3.8) is 0 Å². The largest absolute Gasteiger partial charge is 0.489 e. The number of piperazine rings is 1. The lowest BCUT2D eigenvalue weighted by atomic mass is 10.1. The van der Waals surface area contributed by atoms with Crippen molar-refractivity contribution in [3.8, 4) is 23.3 Å². The van der Waals surface area contributed by atoms with Crippen LogP contribution in [0.5, 0.6) is 11.5 Å². The van der Waals surface area contributed by atoms with Crippen LogP contribution in [-0.2, 0) is 17.9 Å². The Hall–Kier alpha value is -5.80. The fourth-order valence-corrected chi connectivity index (χ4v) is 5.61. The first-order valence-corrected chi connectivity index (χ1v) is 15.7. The number of benzene rings is 3. The van der Waals surface area contributed by atoms with Crippen LogP contribution in [0.3, 0.4) is 0 Å². The van der Waals surface area contributed by atoms with Crippen LogP contribution in [0, 0.1) is 11.3 Å². The topological polar surface area (TPSA) is 136 Å². The van der Waals surface area contributed by atoms with Crippen molar-refractivity contribution in [2.24, 2.45) is 0 Å². The Bertz CT molecular complexity index is 2020. The third kappa shape index (κ3) is 7.27. The van der Waals surface area contributed by atoms with Crippen molar-refractivity contribution in [2.45, 2.75) is 33.0 Å². The van der Waals surface area contributed by atoms with E-state index in [1.165, 1.54) is 0 Å². The molecule has 3 aromatic carbocycles. The van der Waals surface area contributed by atoms with Gasteiger partial charge in [-0.15, -0.1) is 0 Å². The maximum atomic E-state index is 14.2. The molecular weight excluding hydrogens is 610 g/mol. The summed E-state index contributed by atoms with van der Waals surface area (Å²) in [5, 5.41) is 9.43. The summed E-state index contributed by atoms with van der Waals surface area (Å²) in [4.78, 5) is 53.3. The standard InChI is InChI=1S/C36H35N7O5/c1-25(2)48-33-12-9-27(32(44)21-41-14-13-38-24-41)19-31(33)43-34(39-30-6-4-3-5-29(30)36(43)46)22-40-15-17-42(18-16-40)35(45)23-47-28-10-7-26(20-37)8-11-28/h3-14,19,24-25H,15-18,21-23H2,1-2H3. The highest BCUT2D eigenvalue weighted by molar-refractivity contribution is 5.96. The smallest absolute Gasteiger partial charge is 0.266 e. The summed E-state index contributed by atoms with van der Waals surface area (Å²) >= 11 is 0. The van der Waals surface area contributed by atoms with E-state index in [9.17, 15) is 14.4 Å². The minimum Gasteiger partial charge on any atom is -0.489 e. The van der Waals surface area contributed by atoms with Crippen LogP contribution >= 0.6 is 0 Å². The summed E-state index contributed by atoms with van der Waals surface area (Å²) < 4.78 is 15.1. The number of fused-ring (bicyclic) bond motifs is 1. The number of aromatic nitrogens is 4. The molecule has 3 heterocycles. The van der Waals surface area contributed by atoms with Gasteiger partial charge in [-0.05, 0) is 68.4 Å². The van der Waals surface area contributed by atoms with Crippen LogP contribution < -0.4 is 15.0 Å². The van der Waals surface area contributed by atoms with Crippen LogP contribution in [-0.4, -0.2) is 79.5 Å². The van der Waals surface area contributed by atoms with Gasteiger partial charge in [0.05, 0.1) is 53.7 Å². The van der Waals surface area contributed by atoms with Crippen molar-refractivity contribution < 1.29 is 19.1 Å². The molecule has 12 heteroatoms. The zero-order valence-corrected chi connectivity index (χ0v) is 26.8. The Morgan fingerprint density at radius 1 is 1.00 bits per heavy atom. The Balaban J connectivity index is 1.25. The molecule has 6 rings (SSSR count). The van der Waals surface area contributed by atoms with E-state index in [2.05, 4.69) is 16.0 Å². The quantitative estimate of drug-likeness (QED) is 0.196. The van der Waals surface area contributed by atoms with Crippen molar-refractivity contribution in [1.29, 1.82) is 5.26 Å². The molecule has 12 nitrogen and oxygen atoms in total. The zero-order valence-electron chi connectivity index (χ0n) is 26.8. The second kappa shape index (κ2) is 14.3. The number of rotatable bonds is 11. The highest BCUT2D eigenvalue weighted by Gasteiger charge is 2.25. The number of nitrogens with zero attached hydrogens (tertiary/aromatic N) is 7. The number of hydrogen-bond acceptors (Lipinski definition) is 9. The van der Waals surface area contributed by atoms with Gasteiger partial charge in [-0.2, -0.15) is 5.26 Å². The minimum absolute atomic E-state index is 0.100. The van der Waals surface area contributed by atoms with Gasteiger partial charge in [-0.1, -0.05) is 12.1 Å². The molecule has 1 amide bonds. The second-order valence-electron chi connectivity index (χ2n) is 11.8. The van der Waals surface area contributed by atoms with E-state index in [0.29, 0.717) is 77.8 Å². The molecule has 1 aliphatic rings. The lowest BCUT2D eigenvalue weighted by Gasteiger charge is -2.34. The van der Waals surface area contributed by atoms with Crippen molar-refractivity contribution in [2.75, 3.05) is 32.8 Å². The summed E-state index contributed by atoms with van der Waals surface area (Å²) in [6.07, 6.45) is 4.74. The zero-order chi connectivity index (χ0) is 33.6. The van der Waals surface area contributed by atoms with Crippen LogP contribution in [0.25, 0.3) is 16.6 Å². The highest BCUT2D eigenvalue weighted by atomic mass is 16.5. The summed E-state index contributed by atoms with van der Waals surface area (Å²) in [6, 6.07) is 21.0. The third-order valence-corrected chi connectivity index (χ3v) is 8.05. The number of imidazole rings is 1. The van der Waals surface area contributed by atoms with Gasteiger partial charge in [0.25, 0.3) is 11.5 Å². The van der Waals surface area contributed by atoms with Gasteiger partial charge in [-0.25, -0.2) is 9.97 Å². The number of ketones is 1. The van der Waals surface area contributed by atoms with Gasteiger partial charge in [0.1, 0.15) is 17.3 Å². The first kappa shape index (κ1) is 32.2. The molecule has 244 valence electrons. The summed E-state index contributed by atoms with van der Waals surface area (Å²) in [5.41, 5.74) is 1.69. The molecule has 0 N–H and O–H groups in total.